The molecule has 0 amide bonds. The molecular formula is C26H24O4. The molecule has 4 nitrogen and oxygen atoms in total. The van der Waals surface area contributed by atoms with Crippen LogP contribution in [0.3, 0.4) is 0 Å². The summed E-state index contributed by atoms with van der Waals surface area (Å²) in [5, 5.41) is 0. The zero-order valence-electron chi connectivity index (χ0n) is 16.8. The van der Waals surface area contributed by atoms with E-state index in [4.69, 9.17) is 14.2 Å². The van der Waals surface area contributed by atoms with Gasteiger partial charge >= 0.3 is 5.97 Å². The highest BCUT2D eigenvalue weighted by molar-refractivity contribution is 5.72. The first kappa shape index (κ1) is 20.9. The van der Waals surface area contributed by atoms with Gasteiger partial charge in [-0.1, -0.05) is 61.7 Å². The molecule has 3 aromatic rings. The minimum absolute atomic E-state index is 0.115. The zero-order chi connectivity index (χ0) is 21.2. The van der Waals surface area contributed by atoms with Gasteiger partial charge in [0.1, 0.15) is 17.2 Å². The van der Waals surface area contributed by atoms with Gasteiger partial charge in [-0.3, -0.25) is 4.79 Å². The fraction of sp³-hybridized carbons (Fsp3) is 0.115. The molecule has 4 heteroatoms. The Bertz CT molecular complexity index is 971. The molecule has 0 bridgehead atoms. The number of ether oxygens (including phenoxy) is 3. The van der Waals surface area contributed by atoms with E-state index in [-0.39, 0.29) is 12.8 Å². The number of hydrogen-bond donors (Lipinski definition) is 0. The molecular weight excluding hydrogens is 376 g/mol. The Morgan fingerprint density at radius 3 is 1.67 bits per heavy atom. The van der Waals surface area contributed by atoms with E-state index in [1.54, 1.807) is 24.3 Å². The van der Waals surface area contributed by atoms with Gasteiger partial charge in [0.05, 0.1) is 0 Å². The maximum atomic E-state index is 12.0. The first-order valence-electron chi connectivity index (χ1n) is 9.66. The third-order valence-corrected chi connectivity index (χ3v) is 4.46. The second-order valence-corrected chi connectivity index (χ2v) is 6.57. The molecule has 0 aliphatic heterocycles. The Morgan fingerprint density at radius 1 is 0.700 bits per heavy atom. The highest BCUT2D eigenvalue weighted by atomic mass is 16.7. The molecule has 0 atom stereocenters. The van der Waals surface area contributed by atoms with Gasteiger partial charge in [-0.05, 0) is 59.5 Å². The number of carbonyl (C=O) groups is 1. The second-order valence-electron chi connectivity index (χ2n) is 6.57. The average Bonchev–Trinajstić information content (AvgIpc) is 2.79. The van der Waals surface area contributed by atoms with E-state index in [2.05, 4.69) is 13.2 Å². The molecule has 0 saturated carbocycles. The molecule has 3 aromatic carbocycles. The van der Waals surface area contributed by atoms with Crippen molar-refractivity contribution >= 4 is 18.1 Å². The first-order valence-corrected chi connectivity index (χ1v) is 9.66. The Kier molecular flexibility index (Phi) is 7.45. The SMILES string of the molecule is C=Cc1ccc(OCOc2ccc(CCC(=O)Oc3ccc(C=C)cc3)cc2)cc1. The minimum Gasteiger partial charge on any atom is -0.458 e. The van der Waals surface area contributed by atoms with Gasteiger partial charge in [0.25, 0.3) is 0 Å². The summed E-state index contributed by atoms with van der Waals surface area (Å²) in [5.74, 6) is 1.70. The lowest BCUT2D eigenvalue weighted by atomic mass is 10.1. The van der Waals surface area contributed by atoms with Crippen LogP contribution in [0.15, 0.2) is 86.0 Å². The lowest BCUT2D eigenvalue weighted by Crippen LogP contribution is -2.09. The van der Waals surface area contributed by atoms with E-state index in [0.717, 1.165) is 22.4 Å². The van der Waals surface area contributed by atoms with Crippen LogP contribution in [-0.2, 0) is 11.2 Å². The number of rotatable bonds is 10. The van der Waals surface area contributed by atoms with E-state index < -0.39 is 0 Å². The molecule has 0 saturated heterocycles. The Labute approximate surface area is 177 Å². The topological polar surface area (TPSA) is 44.8 Å². The summed E-state index contributed by atoms with van der Waals surface area (Å²) in [6.45, 7) is 7.54. The fourth-order valence-corrected chi connectivity index (χ4v) is 2.72. The van der Waals surface area contributed by atoms with Crippen molar-refractivity contribution in [1.82, 2.24) is 0 Å². The standard InChI is InChI=1S/C26H24O4/c1-3-20-5-12-23(13-6-20)28-19-29-24-14-9-22(10-15-24)11-18-26(27)30-25-16-7-21(4-2)8-17-25/h3-10,12-17H,1-2,11,18-19H2. The molecule has 0 unspecified atom stereocenters. The van der Waals surface area contributed by atoms with Crippen LogP contribution in [0, 0.1) is 0 Å². The maximum absolute atomic E-state index is 12.0. The maximum Gasteiger partial charge on any atom is 0.311 e. The summed E-state index contributed by atoms with van der Waals surface area (Å²) in [6, 6.07) is 22.4. The molecule has 0 heterocycles. The van der Waals surface area contributed by atoms with Crippen LogP contribution in [-0.4, -0.2) is 12.8 Å². The third-order valence-electron chi connectivity index (χ3n) is 4.46. The predicted molar refractivity (Wildman–Crippen MR) is 120 cm³/mol. The highest BCUT2D eigenvalue weighted by Crippen LogP contribution is 2.17. The number of hydrogen-bond acceptors (Lipinski definition) is 4. The van der Waals surface area contributed by atoms with Crippen molar-refractivity contribution in [2.45, 2.75) is 12.8 Å². The van der Waals surface area contributed by atoms with Crippen LogP contribution < -0.4 is 14.2 Å². The lowest BCUT2D eigenvalue weighted by molar-refractivity contribution is -0.134. The number of esters is 1. The van der Waals surface area contributed by atoms with Gasteiger partial charge in [-0.2, -0.15) is 0 Å². The van der Waals surface area contributed by atoms with Crippen molar-refractivity contribution in [3.63, 3.8) is 0 Å². The predicted octanol–water partition coefficient (Wildman–Crippen LogP) is 5.93. The average molecular weight is 400 g/mol. The normalized spacial score (nSPS) is 10.1. The minimum atomic E-state index is -0.266. The van der Waals surface area contributed by atoms with Crippen molar-refractivity contribution in [1.29, 1.82) is 0 Å². The summed E-state index contributed by atoms with van der Waals surface area (Å²) < 4.78 is 16.5. The number of aryl methyl sites for hydroxylation is 1. The molecule has 0 aliphatic rings. The molecule has 0 N–H and O–H groups in total. The van der Waals surface area contributed by atoms with E-state index in [1.807, 2.05) is 60.7 Å². The monoisotopic (exact) mass is 400 g/mol. The van der Waals surface area contributed by atoms with Gasteiger partial charge in [0.2, 0.25) is 6.79 Å². The van der Waals surface area contributed by atoms with E-state index >= 15 is 0 Å². The summed E-state index contributed by atoms with van der Waals surface area (Å²) in [5.41, 5.74) is 3.05. The summed E-state index contributed by atoms with van der Waals surface area (Å²) in [6.07, 6.45) is 4.41. The largest absolute Gasteiger partial charge is 0.458 e. The smallest absolute Gasteiger partial charge is 0.311 e. The fourth-order valence-electron chi connectivity index (χ4n) is 2.72. The Hall–Kier alpha value is -3.79. The first-order chi connectivity index (χ1) is 14.7. The summed E-state index contributed by atoms with van der Waals surface area (Å²) in [7, 11) is 0. The lowest BCUT2D eigenvalue weighted by Gasteiger charge is -2.09. The van der Waals surface area contributed by atoms with Crippen LogP contribution in [0.25, 0.3) is 12.2 Å². The molecule has 3 rings (SSSR count). The van der Waals surface area contributed by atoms with Crippen LogP contribution in [0.5, 0.6) is 17.2 Å². The molecule has 152 valence electrons. The van der Waals surface area contributed by atoms with Crippen LogP contribution >= 0.6 is 0 Å². The number of benzene rings is 3. The van der Waals surface area contributed by atoms with Gasteiger partial charge in [-0.15, -0.1) is 0 Å². The summed E-state index contributed by atoms with van der Waals surface area (Å²) in [4.78, 5) is 12.0. The Morgan fingerprint density at radius 2 is 1.17 bits per heavy atom. The van der Waals surface area contributed by atoms with E-state index in [9.17, 15) is 4.79 Å². The molecule has 0 radical (unpaired) electrons. The zero-order valence-corrected chi connectivity index (χ0v) is 16.8. The molecule has 0 fully saturated rings. The second kappa shape index (κ2) is 10.7. The van der Waals surface area contributed by atoms with Crippen LogP contribution in [0.4, 0.5) is 0 Å². The van der Waals surface area contributed by atoms with Crippen molar-refractivity contribution in [3.8, 4) is 17.2 Å². The van der Waals surface area contributed by atoms with Crippen molar-refractivity contribution in [3.05, 3.63) is 103 Å². The number of carbonyl (C=O) groups excluding carboxylic acids is 1. The van der Waals surface area contributed by atoms with Gasteiger partial charge in [-0.25, -0.2) is 0 Å². The quantitative estimate of drug-likeness (QED) is 0.240. The molecule has 0 spiro atoms. The molecule has 30 heavy (non-hydrogen) atoms. The van der Waals surface area contributed by atoms with Crippen LogP contribution in [0.2, 0.25) is 0 Å². The van der Waals surface area contributed by atoms with E-state index in [1.165, 1.54) is 0 Å². The van der Waals surface area contributed by atoms with Crippen molar-refractivity contribution in [2.75, 3.05) is 6.79 Å². The Balaban J connectivity index is 1.40. The molecule has 0 aliphatic carbocycles. The van der Waals surface area contributed by atoms with Gasteiger partial charge < -0.3 is 14.2 Å². The van der Waals surface area contributed by atoms with Crippen molar-refractivity contribution in [2.24, 2.45) is 0 Å². The van der Waals surface area contributed by atoms with Gasteiger partial charge in [0, 0.05) is 6.42 Å². The molecule has 0 aromatic heterocycles. The van der Waals surface area contributed by atoms with E-state index in [0.29, 0.717) is 24.3 Å². The van der Waals surface area contributed by atoms with Crippen LogP contribution in [0.1, 0.15) is 23.1 Å². The van der Waals surface area contributed by atoms with Crippen molar-refractivity contribution < 1.29 is 19.0 Å². The summed E-state index contributed by atoms with van der Waals surface area (Å²) >= 11 is 0. The highest BCUT2D eigenvalue weighted by Gasteiger charge is 2.06. The third kappa shape index (κ3) is 6.38. The van der Waals surface area contributed by atoms with Gasteiger partial charge in [0.15, 0.2) is 0 Å².